The first-order valence-corrected chi connectivity index (χ1v) is 11.8. The highest BCUT2D eigenvalue weighted by Gasteiger charge is 2.25. The Morgan fingerprint density at radius 1 is 1.18 bits per heavy atom. The molecular formula is C27H27N5O2. The number of nitriles is 1. The fourth-order valence-electron chi connectivity index (χ4n) is 4.84. The van der Waals surface area contributed by atoms with Gasteiger partial charge in [0.05, 0.1) is 30.0 Å². The molecule has 4 aromatic rings. The molecule has 1 atom stereocenters. The Kier molecular flexibility index (Phi) is 6.24. The van der Waals surface area contributed by atoms with Gasteiger partial charge in [-0.05, 0) is 42.0 Å². The SMILES string of the molecule is CCCc1c(Cc2ccc(-c3ccccc3C#N)cc2)c(=O)n(C2CCCOC2)c2ncnn12. The number of hydrogen-bond donors (Lipinski definition) is 0. The van der Waals surface area contributed by atoms with Gasteiger partial charge in [0.2, 0.25) is 5.78 Å². The van der Waals surface area contributed by atoms with Crippen molar-refractivity contribution >= 4 is 5.78 Å². The highest BCUT2D eigenvalue weighted by Crippen LogP contribution is 2.25. The molecule has 2 aromatic carbocycles. The van der Waals surface area contributed by atoms with Crippen LogP contribution in [0.25, 0.3) is 16.9 Å². The zero-order valence-electron chi connectivity index (χ0n) is 19.3. The van der Waals surface area contributed by atoms with E-state index in [9.17, 15) is 10.1 Å². The molecule has 1 unspecified atom stereocenters. The molecule has 0 saturated carbocycles. The summed E-state index contributed by atoms with van der Waals surface area (Å²) >= 11 is 0. The van der Waals surface area contributed by atoms with Gasteiger partial charge in [0.25, 0.3) is 5.56 Å². The maximum absolute atomic E-state index is 13.8. The lowest BCUT2D eigenvalue weighted by atomic mass is 9.97. The molecule has 1 aliphatic rings. The van der Waals surface area contributed by atoms with Gasteiger partial charge in [0.1, 0.15) is 6.33 Å². The summed E-state index contributed by atoms with van der Waals surface area (Å²) < 4.78 is 9.32. The first-order valence-electron chi connectivity index (χ1n) is 11.8. The molecule has 0 bridgehead atoms. The van der Waals surface area contributed by atoms with Crippen LogP contribution in [0, 0.1) is 11.3 Å². The lowest BCUT2D eigenvalue weighted by Gasteiger charge is -2.26. The normalized spacial score (nSPS) is 15.9. The van der Waals surface area contributed by atoms with Crippen LogP contribution in [0.5, 0.6) is 0 Å². The summed E-state index contributed by atoms with van der Waals surface area (Å²) in [7, 11) is 0. The molecule has 34 heavy (non-hydrogen) atoms. The van der Waals surface area contributed by atoms with Crippen LogP contribution in [-0.4, -0.2) is 32.4 Å². The summed E-state index contributed by atoms with van der Waals surface area (Å²) in [6.07, 6.45) is 5.51. The summed E-state index contributed by atoms with van der Waals surface area (Å²) in [6, 6.07) is 17.9. The fourth-order valence-corrected chi connectivity index (χ4v) is 4.84. The Hall–Kier alpha value is -3.76. The minimum Gasteiger partial charge on any atom is -0.379 e. The van der Waals surface area contributed by atoms with Crippen molar-refractivity contribution < 1.29 is 4.74 Å². The first kappa shape index (κ1) is 22.1. The smallest absolute Gasteiger partial charge is 0.259 e. The number of benzene rings is 2. The van der Waals surface area contributed by atoms with Crippen molar-refractivity contribution in [1.82, 2.24) is 19.2 Å². The maximum Gasteiger partial charge on any atom is 0.259 e. The van der Waals surface area contributed by atoms with E-state index in [2.05, 4.69) is 23.1 Å². The van der Waals surface area contributed by atoms with Crippen molar-refractivity contribution in [3.8, 4) is 17.2 Å². The summed E-state index contributed by atoms with van der Waals surface area (Å²) in [6.45, 7) is 3.35. The monoisotopic (exact) mass is 453 g/mol. The average Bonchev–Trinajstić information content (AvgIpc) is 3.36. The highest BCUT2D eigenvalue weighted by atomic mass is 16.5. The lowest BCUT2D eigenvalue weighted by Crippen LogP contribution is -2.35. The molecule has 3 heterocycles. The lowest BCUT2D eigenvalue weighted by molar-refractivity contribution is 0.0588. The van der Waals surface area contributed by atoms with Crippen LogP contribution in [0.4, 0.5) is 0 Å². The van der Waals surface area contributed by atoms with E-state index in [1.807, 2.05) is 53.0 Å². The molecule has 0 radical (unpaired) electrons. The van der Waals surface area contributed by atoms with Crippen LogP contribution in [0.1, 0.15) is 54.6 Å². The number of rotatable bonds is 6. The summed E-state index contributed by atoms with van der Waals surface area (Å²) in [5.74, 6) is 0.594. The van der Waals surface area contributed by atoms with Crippen LogP contribution in [0.15, 0.2) is 59.7 Å². The Balaban J connectivity index is 1.57. The molecule has 5 rings (SSSR count). The summed E-state index contributed by atoms with van der Waals surface area (Å²) in [4.78, 5) is 18.3. The largest absolute Gasteiger partial charge is 0.379 e. The Labute approximate surface area is 198 Å². The van der Waals surface area contributed by atoms with Crippen molar-refractivity contribution in [2.45, 2.75) is 45.1 Å². The molecule has 1 saturated heterocycles. The minimum absolute atomic E-state index is 0.00153. The van der Waals surface area contributed by atoms with Crippen molar-refractivity contribution in [3.05, 3.63) is 87.6 Å². The Morgan fingerprint density at radius 3 is 2.74 bits per heavy atom. The van der Waals surface area contributed by atoms with Gasteiger partial charge in [0.15, 0.2) is 0 Å². The third kappa shape index (κ3) is 4.02. The zero-order chi connectivity index (χ0) is 23.5. The van der Waals surface area contributed by atoms with Gasteiger partial charge in [-0.15, -0.1) is 0 Å². The van der Waals surface area contributed by atoms with E-state index in [0.29, 0.717) is 24.4 Å². The van der Waals surface area contributed by atoms with E-state index in [0.717, 1.165) is 60.2 Å². The second-order valence-corrected chi connectivity index (χ2v) is 8.72. The zero-order valence-corrected chi connectivity index (χ0v) is 19.3. The van der Waals surface area contributed by atoms with Gasteiger partial charge < -0.3 is 4.74 Å². The third-order valence-electron chi connectivity index (χ3n) is 6.51. The fraction of sp³-hybridized carbons (Fsp3) is 0.333. The van der Waals surface area contributed by atoms with Gasteiger partial charge in [-0.25, -0.2) is 4.52 Å². The average molecular weight is 454 g/mol. The van der Waals surface area contributed by atoms with E-state index >= 15 is 0 Å². The highest BCUT2D eigenvalue weighted by molar-refractivity contribution is 5.70. The van der Waals surface area contributed by atoms with Crippen LogP contribution >= 0.6 is 0 Å². The predicted octanol–water partition coefficient (Wildman–Crippen LogP) is 4.32. The molecule has 1 fully saturated rings. The van der Waals surface area contributed by atoms with Gasteiger partial charge in [-0.3, -0.25) is 9.36 Å². The second-order valence-electron chi connectivity index (χ2n) is 8.72. The topological polar surface area (TPSA) is 85.2 Å². The van der Waals surface area contributed by atoms with E-state index < -0.39 is 0 Å². The van der Waals surface area contributed by atoms with Gasteiger partial charge in [0, 0.05) is 18.6 Å². The van der Waals surface area contributed by atoms with Gasteiger partial charge in [-0.1, -0.05) is 55.8 Å². The second kappa shape index (κ2) is 9.62. The summed E-state index contributed by atoms with van der Waals surface area (Å²) in [5.41, 5.74) is 5.26. The number of aromatic nitrogens is 4. The number of nitrogens with zero attached hydrogens (tertiary/aromatic N) is 5. The van der Waals surface area contributed by atoms with E-state index in [-0.39, 0.29) is 11.6 Å². The number of fused-ring (bicyclic) bond motifs is 1. The molecule has 0 aliphatic carbocycles. The predicted molar refractivity (Wildman–Crippen MR) is 130 cm³/mol. The molecule has 1 aliphatic heterocycles. The number of aryl methyl sites for hydroxylation is 1. The molecule has 7 nitrogen and oxygen atoms in total. The minimum atomic E-state index is -0.0350. The molecule has 0 spiro atoms. The van der Waals surface area contributed by atoms with Crippen molar-refractivity contribution in [3.63, 3.8) is 0 Å². The standard InChI is InChI=1S/C27H27N5O2/c1-2-6-25-24(15-19-10-12-20(13-11-19)23-9-4-3-7-21(23)16-28)26(33)31(22-8-5-14-34-17-22)27-29-18-30-32(25)27/h3-4,7,9-13,18,22H,2,5-6,8,14-15,17H2,1H3. The molecule has 0 amide bonds. The molecule has 0 N–H and O–H groups in total. The third-order valence-corrected chi connectivity index (χ3v) is 6.51. The number of hydrogen-bond acceptors (Lipinski definition) is 5. The summed E-state index contributed by atoms with van der Waals surface area (Å²) in [5, 5.41) is 13.9. The molecule has 2 aromatic heterocycles. The van der Waals surface area contributed by atoms with Crippen LogP contribution in [-0.2, 0) is 17.6 Å². The van der Waals surface area contributed by atoms with E-state index in [1.165, 1.54) is 6.33 Å². The molecule has 172 valence electrons. The van der Waals surface area contributed by atoms with Crippen molar-refractivity contribution in [2.75, 3.05) is 13.2 Å². The van der Waals surface area contributed by atoms with E-state index in [1.54, 1.807) is 4.57 Å². The van der Waals surface area contributed by atoms with Gasteiger partial charge in [-0.2, -0.15) is 15.3 Å². The number of ether oxygens (including phenoxy) is 1. The van der Waals surface area contributed by atoms with Crippen LogP contribution < -0.4 is 5.56 Å². The maximum atomic E-state index is 13.8. The van der Waals surface area contributed by atoms with Crippen LogP contribution in [0.2, 0.25) is 0 Å². The molecule has 7 heteroatoms. The molecular weight excluding hydrogens is 426 g/mol. The van der Waals surface area contributed by atoms with Crippen molar-refractivity contribution in [1.29, 1.82) is 5.26 Å². The Bertz CT molecular complexity index is 1410. The van der Waals surface area contributed by atoms with Crippen molar-refractivity contribution in [2.24, 2.45) is 0 Å². The van der Waals surface area contributed by atoms with Crippen LogP contribution in [0.3, 0.4) is 0 Å². The Morgan fingerprint density at radius 2 is 2.00 bits per heavy atom. The van der Waals surface area contributed by atoms with E-state index in [4.69, 9.17) is 4.74 Å². The van der Waals surface area contributed by atoms with Gasteiger partial charge >= 0.3 is 0 Å². The quantitative estimate of drug-likeness (QED) is 0.434. The first-order chi connectivity index (χ1) is 16.7.